The first-order valence-electron chi connectivity index (χ1n) is 6.85. The van der Waals surface area contributed by atoms with E-state index in [-0.39, 0.29) is 11.8 Å². The summed E-state index contributed by atoms with van der Waals surface area (Å²) in [6, 6.07) is 5.81. The number of methoxy groups -OCH3 is 1. The molecule has 0 amide bonds. The number of hydrogen-bond acceptors (Lipinski definition) is 3. The molecule has 0 aliphatic rings. The van der Waals surface area contributed by atoms with E-state index in [1.165, 1.54) is 5.56 Å². The summed E-state index contributed by atoms with van der Waals surface area (Å²) in [5.41, 5.74) is 3.18. The highest BCUT2D eigenvalue weighted by atomic mass is 16.5. The van der Waals surface area contributed by atoms with E-state index in [2.05, 4.69) is 18.7 Å². The number of hydrogen-bond donors (Lipinski definition) is 0. The highest BCUT2D eigenvalue weighted by Crippen LogP contribution is 2.14. The number of likely N-dealkylation sites (N-methyl/N-ethyl adjacent to an activating group) is 1. The smallest absolute Gasteiger partial charge is 0.179 e. The van der Waals surface area contributed by atoms with Crippen LogP contribution in [0.4, 0.5) is 0 Å². The Morgan fingerprint density at radius 2 is 2.00 bits per heavy atom. The van der Waals surface area contributed by atoms with Crippen LogP contribution in [0.3, 0.4) is 0 Å². The normalized spacial score (nSPS) is 12.7. The van der Waals surface area contributed by atoms with E-state index in [9.17, 15) is 4.79 Å². The first-order valence-corrected chi connectivity index (χ1v) is 6.85. The van der Waals surface area contributed by atoms with Crippen LogP contribution in [-0.2, 0) is 4.74 Å². The molecule has 0 aliphatic heterocycles. The van der Waals surface area contributed by atoms with E-state index in [1.54, 1.807) is 7.11 Å². The van der Waals surface area contributed by atoms with Crippen LogP contribution in [0.1, 0.15) is 35.3 Å². The Bertz CT molecular complexity index is 429. The third kappa shape index (κ3) is 4.15. The summed E-state index contributed by atoms with van der Waals surface area (Å²) in [5.74, 6) is 0.182. The van der Waals surface area contributed by atoms with E-state index in [4.69, 9.17) is 4.74 Å². The molecule has 0 heterocycles. The Balaban J connectivity index is 2.82. The van der Waals surface area contributed by atoms with Crippen LogP contribution in [0.25, 0.3) is 0 Å². The van der Waals surface area contributed by atoms with Gasteiger partial charge in [0, 0.05) is 19.2 Å². The molecule has 0 bridgehead atoms. The Hall–Kier alpha value is -1.19. The molecule has 106 valence electrons. The number of Topliss-reactive ketones (excluding diaryl/α,β-unsaturated/α-hetero) is 1. The third-order valence-corrected chi connectivity index (χ3v) is 3.71. The average molecular weight is 263 g/mol. The van der Waals surface area contributed by atoms with Crippen LogP contribution in [0, 0.1) is 13.8 Å². The monoisotopic (exact) mass is 263 g/mol. The summed E-state index contributed by atoms with van der Waals surface area (Å²) in [4.78, 5) is 14.6. The fraction of sp³-hybridized carbons (Fsp3) is 0.562. The number of nitrogens with zero attached hydrogens (tertiary/aromatic N) is 1. The van der Waals surface area contributed by atoms with Crippen molar-refractivity contribution in [1.29, 1.82) is 0 Å². The first-order chi connectivity index (χ1) is 9.01. The minimum absolute atomic E-state index is 0.109. The maximum Gasteiger partial charge on any atom is 0.179 e. The van der Waals surface area contributed by atoms with Gasteiger partial charge in [0.2, 0.25) is 0 Å². The van der Waals surface area contributed by atoms with Gasteiger partial charge in [-0.15, -0.1) is 0 Å². The maximum absolute atomic E-state index is 12.5. The van der Waals surface area contributed by atoms with Gasteiger partial charge in [-0.05, 0) is 44.5 Å². The highest BCUT2D eigenvalue weighted by Gasteiger charge is 2.21. The molecule has 0 N–H and O–H groups in total. The number of benzene rings is 1. The van der Waals surface area contributed by atoms with E-state index in [0.29, 0.717) is 6.61 Å². The molecule has 0 aromatic heterocycles. The van der Waals surface area contributed by atoms with Gasteiger partial charge in [0.25, 0.3) is 0 Å². The lowest BCUT2D eigenvalue weighted by Crippen LogP contribution is -2.40. The first kappa shape index (κ1) is 15.9. The van der Waals surface area contributed by atoms with Crippen molar-refractivity contribution < 1.29 is 9.53 Å². The van der Waals surface area contributed by atoms with E-state index < -0.39 is 0 Å². The van der Waals surface area contributed by atoms with E-state index in [0.717, 1.165) is 24.2 Å². The van der Waals surface area contributed by atoms with Crippen molar-refractivity contribution in [3.8, 4) is 0 Å². The van der Waals surface area contributed by atoms with Crippen molar-refractivity contribution in [3.63, 3.8) is 0 Å². The molecule has 0 aliphatic carbocycles. The molecule has 0 fully saturated rings. The van der Waals surface area contributed by atoms with Crippen molar-refractivity contribution in [2.45, 2.75) is 33.7 Å². The Kier molecular flexibility index (Phi) is 6.19. The molecule has 0 radical (unpaired) electrons. The van der Waals surface area contributed by atoms with Crippen LogP contribution >= 0.6 is 0 Å². The number of carbonyl (C=O) groups is 1. The van der Waals surface area contributed by atoms with Gasteiger partial charge in [0.05, 0.1) is 12.6 Å². The van der Waals surface area contributed by atoms with Crippen molar-refractivity contribution in [2.75, 3.05) is 26.8 Å². The number of carbonyl (C=O) groups excluding carboxylic acids is 1. The van der Waals surface area contributed by atoms with Crippen molar-refractivity contribution in [2.24, 2.45) is 0 Å². The van der Waals surface area contributed by atoms with Gasteiger partial charge < -0.3 is 4.74 Å². The molecule has 0 saturated heterocycles. The zero-order valence-corrected chi connectivity index (χ0v) is 12.7. The molecule has 1 unspecified atom stereocenters. The Labute approximate surface area is 116 Å². The lowest BCUT2D eigenvalue weighted by Gasteiger charge is -2.26. The van der Waals surface area contributed by atoms with Crippen LogP contribution in [0.5, 0.6) is 0 Å². The van der Waals surface area contributed by atoms with E-state index in [1.807, 2.05) is 32.0 Å². The standard InChI is InChI=1S/C16H25NO2/c1-6-17(9-10-19-5)14(4)16(18)15-8-7-12(2)13(3)11-15/h7-8,11,14H,6,9-10H2,1-5H3. The Morgan fingerprint density at radius 3 is 2.53 bits per heavy atom. The fourth-order valence-corrected chi connectivity index (χ4v) is 2.14. The molecule has 3 nitrogen and oxygen atoms in total. The van der Waals surface area contributed by atoms with Crippen LogP contribution < -0.4 is 0 Å². The zero-order valence-electron chi connectivity index (χ0n) is 12.7. The average Bonchev–Trinajstić information content (AvgIpc) is 2.41. The lowest BCUT2D eigenvalue weighted by molar-refractivity contribution is 0.0788. The second kappa shape index (κ2) is 7.41. The van der Waals surface area contributed by atoms with Gasteiger partial charge >= 0.3 is 0 Å². The van der Waals surface area contributed by atoms with Gasteiger partial charge in [0.15, 0.2) is 5.78 Å². The largest absolute Gasteiger partial charge is 0.383 e. The second-order valence-electron chi connectivity index (χ2n) is 4.96. The van der Waals surface area contributed by atoms with Gasteiger partial charge in [-0.1, -0.05) is 19.1 Å². The predicted molar refractivity (Wildman–Crippen MR) is 78.8 cm³/mol. The number of ketones is 1. The summed E-state index contributed by atoms with van der Waals surface area (Å²) < 4.78 is 5.09. The van der Waals surface area contributed by atoms with Gasteiger partial charge in [-0.2, -0.15) is 0 Å². The minimum atomic E-state index is -0.109. The molecule has 1 aromatic carbocycles. The van der Waals surface area contributed by atoms with Crippen LogP contribution in [0.15, 0.2) is 18.2 Å². The van der Waals surface area contributed by atoms with Gasteiger partial charge in [-0.3, -0.25) is 9.69 Å². The molecular formula is C16H25NO2. The molecule has 3 heteroatoms. The maximum atomic E-state index is 12.5. The SMILES string of the molecule is CCN(CCOC)C(C)C(=O)c1ccc(C)c(C)c1. The van der Waals surface area contributed by atoms with Crippen molar-refractivity contribution in [1.82, 2.24) is 4.90 Å². The molecular weight excluding hydrogens is 238 g/mol. The zero-order chi connectivity index (χ0) is 14.4. The second-order valence-corrected chi connectivity index (χ2v) is 4.96. The van der Waals surface area contributed by atoms with Gasteiger partial charge in [0.1, 0.15) is 0 Å². The summed E-state index contributed by atoms with van der Waals surface area (Å²) >= 11 is 0. The van der Waals surface area contributed by atoms with Crippen molar-refractivity contribution >= 4 is 5.78 Å². The summed E-state index contributed by atoms with van der Waals surface area (Å²) in [5, 5.41) is 0. The summed E-state index contributed by atoms with van der Waals surface area (Å²) in [7, 11) is 1.68. The fourth-order valence-electron chi connectivity index (χ4n) is 2.14. The number of rotatable bonds is 7. The Morgan fingerprint density at radius 1 is 1.32 bits per heavy atom. The van der Waals surface area contributed by atoms with Gasteiger partial charge in [-0.25, -0.2) is 0 Å². The number of ether oxygens (including phenoxy) is 1. The number of aryl methyl sites for hydroxylation is 2. The summed E-state index contributed by atoms with van der Waals surface area (Å²) in [6.45, 7) is 10.4. The van der Waals surface area contributed by atoms with E-state index >= 15 is 0 Å². The molecule has 1 aromatic rings. The lowest BCUT2D eigenvalue weighted by atomic mass is 9.99. The topological polar surface area (TPSA) is 29.5 Å². The molecule has 19 heavy (non-hydrogen) atoms. The quantitative estimate of drug-likeness (QED) is 0.708. The molecule has 0 spiro atoms. The molecule has 1 rings (SSSR count). The predicted octanol–water partition coefficient (Wildman–Crippen LogP) is 2.84. The van der Waals surface area contributed by atoms with Crippen molar-refractivity contribution in [3.05, 3.63) is 34.9 Å². The van der Waals surface area contributed by atoms with Crippen LogP contribution in [-0.4, -0.2) is 43.5 Å². The minimum Gasteiger partial charge on any atom is -0.383 e. The summed E-state index contributed by atoms with van der Waals surface area (Å²) in [6.07, 6.45) is 0. The highest BCUT2D eigenvalue weighted by molar-refractivity contribution is 6.00. The molecule has 0 saturated carbocycles. The molecule has 1 atom stereocenters. The van der Waals surface area contributed by atoms with Crippen LogP contribution in [0.2, 0.25) is 0 Å². The third-order valence-electron chi connectivity index (χ3n) is 3.71.